The van der Waals surface area contributed by atoms with Gasteiger partial charge in [-0.1, -0.05) is 13.0 Å². The molecule has 1 rings (SSSR count). The molecular weight excluding hydrogens is 328 g/mol. The predicted octanol–water partition coefficient (Wildman–Crippen LogP) is 4.07. The average molecular weight is 364 g/mol. The van der Waals surface area contributed by atoms with E-state index in [-0.39, 0.29) is 11.9 Å². The van der Waals surface area contributed by atoms with Gasteiger partial charge in [-0.2, -0.15) is 0 Å². The molecule has 0 heterocycles. The fraction of sp³-hybridized carbons (Fsp3) is 0.619. The minimum absolute atomic E-state index is 0.0319. The molecule has 1 atom stereocenters. The molecule has 146 valence electrons. The van der Waals surface area contributed by atoms with Crippen molar-refractivity contribution in [2.45, 2.75) is 60.4 Å². The Kier molecular flexibility index (Phi) is 8.28. The van der Waals surface area contributed by atoms with Crippen molar-refractivity contribution >= 4 is 17.6 Å². The molecular formula is C21H35N2O3+. The zero-order valence-electron chi connectivity index (χ0n) is 17.4. The number of rotatable bonds is 9. The molecule has 0 bridgehead atoms. The lowest BCUT2D eigenvalue weighted by Gasteiger charge is -2.39. The molecule has 0 spiro atoms. The lowest BCUT2D eigenvalue weighted by atomic mass is 10.0. The molecule has 0 aromatic heterocycles. The van der Waals surface area contributed by atoms with Crippen LogP contribution in [-0.4, -0.2) is 49.1 Å². The molecule has 0 saturated heterocycles. The minimum Gasteiger partial charge on any atom is -0.462 e. The van der Waals surface area contributed by atoms with Crippen LogP contribution in [0.15, 0.2) is 12.1 Å². The van der Waals surface area contributed by atoms with Crippen molar-refractivity contribution in [1.29, 1.82) is 0 Å². The fourth-order valence-electron chi connectivity index (χ4n) is 3.37. The van der Waals surface area contributed by atoms with E-state index in [0.717, 1.165) is 37.1 Å². The standard InChI is InChI=1S/C21H34N2O3/c1-8-12-18(23(7,9-2)10-3)20(24)22-19-16(6)13-15(5)14-17(19)21(25)26-11-4/h13-14,18H,8-12H2,1-7H3/p+1. The monoisotopic (exact) mass is 363 g/mol. The molecule has 0 fully saturated rings. The Morgan fingerprint density at radius 3 is 2.23 bits per heavy atom. The first-order chi connectivity index (χ1) is 12.2. The first-order valence-electron chi connectivity index (χ1n) is 9.67. The number of carbonyl (C=O) groups is 2. The maximum absolute atomic E-state index is 13.2. The van der Waals surface area contributed by atoms with E-state index in [1.54, 1.807) is 13.0 Å². The van der Waals surface area contributed by atoms with Crippen LogP contribution in [0.2, 0.25) is 0 Å². The van der Waals surface area contributed by atoms with Gasteiger partial charge in [0.05, 0.1) is 38.0 Å². The molecule has 1 aromatic carbocycles. The number of nitrogens with one attached hydrogen (secondary N) is 1. The Labute approximate surface area is 158 Å². The number of aryl methyl sites for hydroxylation is 2. The molecule has 1 aromatic rings. The first-order valence-corrected chi connectivity index (χ1v) is 9.67. The van der Waals surface area contributed by atoms with E-state index in [1.165, 1.54) is 0 Å². The smallest absolute Gasteiger partial charge is 0.340 e. The summed E-state index contributed by atoms with van der Waals surface area (Å²) in [4.78, 5) is 25.5. The second kappa shape index (κ2) is 9.72. The summed E-state index contributed by atoms with van der Waals surface area (Å²) in [6.07, 6.45) is 1.74. The molecule has 0 radical (unpaired) electrons. The highest BCUT2D eigenvalue weighted by Gasteiger charge is 2.35. The molecule has 0 aliphatic rings. The van der Waals surface area contributed by atoms with Gasteiger partial charge in [-0.25, -0.2) is 4.79 Å². The maximum Gasteiger partial charge on any atom is 0.340 e. The van der Waals surface area contributed by atoms with Crippen LogP contribution >= 0.6 is 0 Å². The average Bonchev–Trinajstić information content (AvgIpc) is 2.61. The quantitative estimate of drug-likeness (QED) is 0.531. The van der Waals surface area contributed by atoms with Crippen molar-refractivity contribution < 1.29 is 18.8 Å². The van der Waals surface area contributed by atoms with E-state index >= 15 is 0 Å². The number of esters is 1. The molecule has 0 aliphatic heterocycles. The number of amides is 1. The highest BCUT2D eigenvalue weighted by atomic mass is 16.5. The summed E-state index contributed by atoms with van der Waals surface area (Å²) in [5.41, 5.74) is 2.84. The van der Waals surface area contributed by atoms with E-state index in [2.05, 4.69) is 33.1 Å². The second-order valence-corrected chi connectivity index (χ2v) is 7.13. The number of hydrogen-bond acceptors (Lipinski definition) is 3. The molecule has 5 heteroatoms. The van der Waals surface area contributed by atoms with Gasteiger partial charge >= 0.3 is 5.97 Å². The van der Waals surface area contributed by atoms with Crippen molar-refractivity contribution in [2.24, 2.45) is 0 Å². The minimum atomic E-state index is -0.398. The zero-order valence-corrected chi connectivity index (χ0v) is 17.4. The summed E-state index contributed by atoms with van der Waals surface area (Å²) >= 11 is 0. The number of quaternary nitrogens is 1. The summed E-state index contributed by atoms with van der Waals surface area (Å²) in [7, 11) is 2.12. The summed E-state index contributed by atoms with van der Waals surface area (Å²) in [5, 5.41) is 3.05. The number of hydrogen-bond donors (Lipinski definition) is 1. The van der Waals surface area contributed by atoms with Gasteiger partial charge in [0.15, 0.2) is 6.04 Å². The van der Waals surface area contributed by atoms with Gasteiger partial charge in [0, 0.05) is 6.42 Å². The molecule has 0 saturated carbocycles. The Hall–Kier alpha value is -1.88. The van der Waals surface area contributed by atoms with Crippen LogP contribution in [-0.2, 0) is 9.53 Å². The Balaban J connectivity index is 3.27. The third-order valence-corrected chi connectivity index (χ3v) is 5.29. The van der Waals surface area contributed by atoms with Gasteiger partial charge in [0.25, 0.3) is 5.91 Å². The zero-order chi connectivity index (χ0) is 19.9. The van der Waals surface area contributed by atoms with Gasteiger partial charge in [0.2, 0.25) is 0 Å². The van der Waals surface area contributed by atoms with Crippen LogP contribution in [0, 0.1) is 13.8 Å². The maximum atomic E-state index is 13.2. The van der Waals surface area contributed by atoms with Gasteiger partial charge in [-0.05, 0) is 58.2 Å². The van der Waals surface area contributed by atoms with Crippen molar-refractivity contribution in [3.63, 3.8) is 0 Å². The van der Waals surface area contributed by atoms with E-state index in [0.29, 0.717) is 22.3 Å². The van der Waals surface area contributed by atoms with Gasteiger partial charge < -0.3 is 14.5 Å². The van der Waals surface area contributed by atoms with Crippen LogP contribution < -0.4 is 5.32 Å². The van der Waals surface area contributed by atoms with Crippen LogP contribution in [0.4, 0.5) is 5.69 Å². The van der Waals surface area contributed by atoms with Crippen LogP contribution in [0.5, 0.6) is 0 Å². The van der Waals surface area contributed by atoms with Crippen molar-refractivity contribution in [2.75, 3.05) is 32.1 Å². The number of anilines is 1. The summed E-state index contributed by atoms with van der Waals surface area (Å²) < 4.78 is 5.86. The third kappa shape index (κ3) is 5.07. The first kappa shape index (κ1) is 22.2. The number of carbonyl (C=O) groups excluding carboxylic acids is 2. The van der Waals surface area contributed by atoms with E-state index in [4.69, 9.17) is 4.74 Å². The largest absolute Gasteiger partial charge is 0.462 e. The van der Waals surface area contributed by atoms with E-state index in [1.807, 2.05) is 19.9 Å². The molecule has 1 amide bonds. The van der Waals surface area contributed by atoms with Gasteiger partial charge in [0.1, 0.15) is 0 Å². The molecule has 26 heavy (non-hydrogen) atoms. The molecule has 5 nitrogen and oxygen atoms in total. The Morgan fingerprint density at radius 2 is 1.73 bits per heavy atom. The molecule has 1 N–H and O–H groups in total. The topological polar surface area (TPSA) is 55.4 Å². The highest BCUT2D eigenvalue weighted by molar-refractivity contribution is 6.03. The molecule has 0 aliphatic carbocycles. The number of likely N-dealkylation sites (N-methyl/N-ethyl adjacent to an activating group) is 1. The van der Waals surface area contributed by atoms with E-state index < -0.39 is 5.97 Å². The molecule has 1 unspecified atom stereocenters. The SMILES string of the molecule is CCCC(C(=O)Nc1c(C)cc(C)cc1C(=O)OCC)[N+](C)(CC)CC. The van der Waals surface area contributed by atoms with Gasteiger partial charge in [-0.3, -0.25) is 4.79 Å². The van der Waals surface area contributed by atoms with Crippen molar-refractivity contribution in [3.8, 4) is 0 Å². The lowest BCUT2D eigenvalue weighted by molar-refractivity contribution is -0.921. The predicted molar refractivity (Wildman–Crippen MR) is 106 cm³/mol. The van der Waals surface area contributed by atoms with Crippen molar-refractivity contribution in [1.82, 2.24) is 0 Å². The van der Waals surface area contributed by atoms with Crippen LogP contribution in [0.1, 0.15) is 62.0 Å². The lowest BCUT2D eigenvalue weighted by Crippen LogP contribution is -2.57. The van der Waals surface area contributed by atoms with Crippen molar-refractivity contribution in [3.05, 3.63) is 28.8 Å². The second-order valence-electron chi connectivity index (χ2n) is 7.13. The Morgan fingerprint density at radius 1 is 1.12 bits per heavy atom. The highest BCUT2D eigenvalue weighted by Crippen LogP contribution is 2.26. The van der Waals surface area contributed by atoms with Crippen LogP contribution in [0.25, 0.3) is 0 Å². The summed E-state index contributed by atoms with van der Waals surface area (Å²) in [6.45, 7) is 14.0. The fourth-order valence-corrected chi connectivity index (χ4v) is 3.37. The normalized spacial score (nSPS) is 12.6. The Bertz CT molecular complexity index is 636. The van der Waals surface area contributed by atoms with Gasteiger partial charge in [-0.15, -0.1) is 0 Å². The third-order valence-electron chi connectivity index (χ3n) is 5.29. The number of nitrogens with zero attached hydrogens (tertiary/aromatic N) is 1. The van der Waals surface area contributed by atoms with E-state index in [9.17, 15) is 9.59 Å². The summed E-state index contributed by atoms with van der Waals surface area (Å²) in [5.74, 6) is -0.430. The summed E-state index contributed by atoms with van der Waals surface area (Å²) in [6, 6.07) is 3.61. The number of ether oxygens (including phenoxy) is 1. The van der Waals surface area contributed by atoms with Crippen LogP contribution in [0.3, 0.4) is 0 Å². The number of benzene rings is 1.